The van der Waals surface area contributed by atoms with Gasteiger partial charge in [-0.2, -0.15) is 11.8 Å². The van der Waals surface area contributed by atoms with E-state index in [0.717, 1.165) is 5.69 Å². The van der Waals surface area contributed by atoms with Crippen LogP contribution in [0, 0.1) is 6.92 Å². The van der Waals surface area contributed by atoms with E-state index in [1.807, 2.05) is 19.2 Å². The van der Waals surface area contributed by atoms with E-state index in [1.54, 1.807) is 24.0 Å². The number of hydrogen-bond donors (Lipinski definition) is 1. The van der Waals surface area contributed by atoms with Crippen molar-refractivity contribution in [3.8, 4) is 5.75 Å². The van der Waals surface area contributed by atoms with Gasteiger partial charge in [0.15, 0.2) is 11.5 Å². The third-order valence-corrected chi connectivity index (χ3v) is 4.10. The summed E-state index contributed by atoms with van der Waals surface area (Å²) in [7, 11) is 1.28. The number of hydrogen-bond acceptors (Lipinski definition) is 8. The molecule has 1 amide bonds. The first-order valence-electron chi connectivity index (χ1n) is 7.92. The molecule has 0 spiro atoms. The van der Waals surface area contributed by atoms with E-state index in [9.17, 15) is 9.59 Å². The number of methoxy groups -OCH3 is 1. The number of thioether (sulfide) groups is 1. The smallest absolute Gasteiger partial charge is 0.328 e. The number of nitrogens with one attached hydrogen (secondary N) is 1. The minimum atomic E-state index is -0.727. The van der Waals surface area contributed by atoms with Crippen LogP contribution in [0.3, 0.4) is 0 Å². The summed E-state index contributed by atoms with van der Waals surface area (Å²) in [4.78, 5) is 28.1. The molecule has 0 fully saturated rings. The maximum Gasteiger partial charge on any atom is 0.328 e. The van der Waals surface area contributed by atoms with E-state index in [0.29, 0.717) is 23.7 Å². The number of carbonyl (C=O) groups is 2. The third-order valence-electron chi connectivity index (χ3n) is 3.46. The summed E-state index contributed by atoms with van der Waals surface area (Å²) in [6.45, 7) is 1.99. The molecule has 2 rings (SSSR count). The summed E-state index contributed by atoms with van der Waals surface area (Å²) in [6.07, 6.45) is 3.99. The quantitative estimate of drug-likeness (QED) is 0.660. The molecule has 2 heterocycles. The van der Waals surface area contributed by atoms with Gasteiger partial charge in [0, 0.05) is 11.8 Å². The van der Waals surface area contributed by atoms with Crippen molar-refractivity contribution < 1.29 is 23.6 Å². The van der Waals surface area contributed by atoms with Gasteiger partial charge in [-0.25, -0.2) is 4.79 Å². The summed E-state index contributed by atoms with van der Waals surface area (Å²) in [6, 6.07) is 4.37. The first kappa shape index (κ1) is 19.8. The Hall–Kier alpha value is -2.55. The normalized spacial score (nSPS) is 11.7. The number of carbonyl (C=O) groups excluding carboxylic acids is 2. The number of esters is 1. The largest absolute Gasteiger partial charge is 0.484 e. The average molecular weight is 379 g/mol. The molecule has 1 atom stereocenters. The van der Waals surface area contributed by atoms with Crippen LogP contribution in [-0.2, 0) is 16.1 Å². The van der Waals surface area contributed by atoms with Crippen molar-refractivity contribution in [3.63, 3.8) is 0 Å². The molecule has 0 aromatic carbocycles. The summed E-state index contributed by atoms with van der Waals surface area (Å²) in [5.74, 6) is 0.679. The predicted molar refractivity (Wildman–Crippen MR) is 96.1 cm³/mol. The van der Waals surface area contributed by atoms with Crippen molar-refractivity contribution in [2.75, 3.05) is 19.1 Å². The minimum absolute atomic E-state index is 0.0729. The lowest BCUT2D eigenvalue weighted by molar-refractivity contribution is -0.142. The first-order valence-corrected chi connectivity index (χ1v) is 9.31. The lowest BCUT2D eigenvalue weighted by Crippen LogP contribution is -2.42. The number of nitrogens with zero attached hydrogens (tertiary/aromatic N) is 2. The molecular formula is C17H21N3O5S. The first-order chi connectivity index (χ1) is 12.5. The zero-order valence-electron chi connectivity index (χ0n) is 14.9. The highest BCUT2D eigenvalue weighted by atomic mass is 32.2. The third kappa shape index (κ3) is 5.76. The van der Waals surface area contributed by atoms with Crippen LogP contribution in [0.15, 0.2) is 28.9 Å². The second kappa shape index (κ2) is 9.81. The van der Waals surface area contributed by atoms with Gasteiger partial charge in [0.2, 0.25) is 0 Å². The van der Waals surface area contributed by atoms with Crippen molar-refractivity contribution >= 4 is 23.6 Å². The van der Waals surface area contributed by atoms with Crippen LogP contribution in [0.4, 0.5) is 0 Å². The summed E-state index contributed by atoms with van der Waals surface area (Å²) >= 11 is 1.58. The van der Waals surface area contributed by atoms with E-state index in [2.05, 4.69) is 15.5 Å². The Morgan fingerprint density at radius 2 is 2.19 bits per heavy atom. The fourth-order valence-corrected chi connectivity index (χ4v) is 2.51. The van der Waals surface area contributed by atoms with Gasteiger partial charge in [-0.3, -0.25) is 9.78 Å². The van der Waals surface area contributed by atoms with E-state index in [4.69, 9.17) is 14.0 Å². The summed E-state index contributed by atoms with van der Waals surface area (Å²) in [5, 5.41) is 6.33. The van der Waals surface area contributed by atoms with Gasteiger partial charge in [0.1, 0.15) is 18.4 Å². The van der Waals surface area contributed by atoms with E-state index in [-0.39, 0.29) is 12.3 Å². The van der Waals surface area contributed by atoms with Crippen LogP contribution in [0.25, 0.3) is 0 Å². The second-order valence-electron chi connectivity index (χ2n) is 5.43. The number of aromatic nitrogens is 2. The van der Waals surface area contributed by atoms with Gasteiger partial charge in [-0.05, 0) is 37.5 Å². The van der Waals surface area contributed by atoms with Crippen molar-refractivity contribution in [1.29, 1.82) is 0 Å². The zero-order valence-corrected chi connectivity index (χ0v) is 15.7. The van der Waals surface area contributed by atoms with E-state index in [1.165, 1.54) is 13.2 Å². The molecule has 0 bridgehead atoms. The molecule has 1 N–H and O–H groups in total. The predicted octanol–water partition coefficient (Wildman–Crippen LogP) is 1.98. The van der Waals surface area contributed by atoms with E-state index >= 15 is 0 Å². The topological polar surface area (TPSA) is 104 Å². The number of pyridine rings is 1. The van der Waals surface area contributed by atoms with Gasteiger partial charge in [-0.1, -0.05) is 5.16 Å². The molecule has 26 heavy (non-hydrogen) atoms. The summed E-state index contributed by atoms with van der Waals surface area (Å²) in [5.41, 5.74) is 0.960. The van der Waals surface area contributed by atoms with Crippen molar-refractivity contribution in [1.82, 2.24) is 15.5 Å². The molecule has 0 unspecified atom stereocenters. The molecule has 9 heteroatoms. The Bertz CT molecular complexity index is 732. The van der Waals surface area contributed by atoms with Crippen LogP contribution >= 0.6 is 11.8 Å². The Morgan fingerprint density at radius 1 is 1.38 bits per heavy atom. The number of ether oxygens (including phenoxy) is 2. The molecule has 0 aliphatic carbocycles. The average Bonchev–Trinajstić information content (AvgIpc) is 3.13. The zero-order chi connectivity index (χ0) is 18.9. The van der Waals surface area contributed by atoms with Crippen molar-refractivity contribution in [2.45, 2.75) is 26.0 Å². The number of aryl methyl sites for hydroxylation is 1. The molecular weight excluding hydrogens is 358 g/mol. The Kier molecular flexibility index (Phi) is 7.46. The van der Waals surface area contributed by atoms with Crippen molar-refractivity contribution in [2.24, 2.45) is 0 Å². The maximum atomic E-state index is 12.3. The lowest BCUT2D eigenvalue weighted by atomic mass is 10.2. The van der Waals surface area contributed by atoms with Crippen LogP contribution in [0.5, 0.6) is 5.75 Å². The molecule has 8 nitrogen and oxygen atoms in total. The molecule has 0 saturated carbocycles. The maximum absolute atomic E-state index is 12.3. The van der Waals surface area contributed by atoms with Crippen molar-refractivity contribution in [3.05, 3.63) is 41.5 Å². The molecule has 0 aliphatic rings. The van der Waals surface area contributed by atoms with Gasteiger partial charge in [0.25, 0.3) is 5.91 Å². The number of rotatable bonds is 9. The van der Waals surface area contributed by atoms with Crippen LogP contribution in [0.1, 0.15) is 28.4 Å². The molecule has 2 aromatic heterocycles. The van der Waals surface area contributed by atoms with Crippen LogP contribution < -0.4 is 10.1 Å². The standard InChI is InChI=1S/C17H21N3O5S/c1-11-4-5-12(9-18-11)24-10-13-8-15(20-25-13)16(21)19-14(6-7-26-3)17(22)23-2/h4-5,8-9,14H,6-7,10H2,1-3H3,(H,19,21)/t14-/m1/s1. The van der Waals surface area contributed by atoms with Gasteiger partial charge < -0.3 is 19.3 Å². The second-order valence-corrected chi connectivity index (χ2v) is 6.42. The van der Waals surface area contributed by atoms with Crippen LogP contribution in [-0.4, -0.2) is 47.2 Å². The van der Waals surface area contributed by atoms with E-state index < -0.39 is 17.9 Å². The lowest BCUT2D eigenvalue weighted by Gasteiger charge is -2.14. The molecule has 0 saturated heterocycles. The monoisotopic (exact) mass is 379 g/mol. The summed E-state index contributed by atoms with van der Waals surface area (Å²) < 4.78 is 15.3. The van der Waals surface area contributed by atoms with Gasteiger partial charge in [-0.15, -0.1) is 0 Å². The highest BCUT2D eigenvalue weighted by molar-refractivity contribution is 7.98. The fraction of sp³-hybridized carbons (Fsp3) is 0.412. The molecule has 2 aromatic rings. The highest BCUT2D eigenvalue weighted by Crippen LogP contribution is 2.13. The number of amides is 1. The highest BCUT2D eigenvalue weighted by Gasteiger charge is 2.23. The molecule has 140 valence electrons. The SMILES string of the molecule is COC(=O)[C@@H](CCSC)NC(=O)c1cc(COc2ccc(C)nc2)on1. The Morgan fingerprint density at radius 3 is 2.85 bits per heavy atom. The van der Waals surface area contributed by atoms with Crippen LogP contribution in [0.2, 0.25) is 0 Å². The van der Waals surface area contributed by atoms with Gasteiger partial charge in [0.05, 0.1) is 13.3 Å². The minimum Gasteiger partial charge on any atom is -0.484 e. The Labute approximate surface area is 155 Å². The molecule has 0 radical (unpaired) electrons. The van der Waals surface area contributed by atoms with Gasteiger partial charge >= 0.3 is 5.97 Å². The molecule has 0 aliphatic heterocycles. The Balaban J connectivity index is 1.93. The fourth-order valence-electron chi connectivity index (χ4n) is 2.04.